The van der Waals surface area contributed by atoms with Gasteiger partial charge in [-0.05, 0) is 35.4 Å². The van der Waals surface area contributed by atoms with Gasteiger partial charge in [0, 0.05) is 37.7 Å². The number of nitrogens with zero attached hydrogens (tertiary/aromatic N) is 2. The van der Waals surface area contributed by atoms with Gasteiger partial charge in [0.05, 0.1) is 25.4 Å². The van der Waals surface area contributed by atoms with Crippen molar-refractivity contribution in [3.8, 4) is 0 Å². The van der Waals surface area contributed by atoms with Gasteiger partial charge in [0.25, 0.3) is 0 Å². The number of hydrogen-bond acceptors (Lipinski definition) is 5. The van der Waals surface area contributed by atoms with Crippen molar-refractivity contribution < 1.29 is 32.2 Å². The van der Waals surface area contributed by atoms with Crippen LogP contribution >= 0.6 is 11.6 Å². The van der Waals surface area contributed by atoms with Gasteiger partial charge in [-0.25, -0.2) is 0 Å². The molecule has 1 fully saturated rings. The number of carbonyl (C=O) groups is 2. The van der Waals surface area contributed by atoms with Crippen molar-refractivity contribution in [3.63, 3.8) is 0 Å². The first-order valence-electron chi connectivity index (χ1n) is 10.8. The zero-order chi connectivity index (χ0) is 24.7. The Labute approximate surface area is 201 Å². The van der Waals surface area contributed by atoms with Crippen LogP contribution in [0.15, 0.2) is 48.5 Å². The second-order valence-corrected chi connectivity index (χ2v) is 8.42. The lowest BCUT2D eigenvalue weighted by molar-refractivity contribution is -0.147. The molecule has 1 unspecified atom stereocenters. The molecule has 1 aliphatic heterocycles. The highest BCUT2D eigenvalue weighted by Crippen LogP contribution is 2.29. The SMILES string of the molecule is COC(=O)CC(=O)N1CCN(CC(OCc2ccc(C(F)(F)F)cc2)c2ccc(Cl)cc2)CC1. The Morgan fingerprint density at radius 1 is 1.00 bits per heavy atom. The molecular formula is C24H26ClF3N2O4. The van der Waals surface area contributed by atoms with Gasteiger partial charge >= 0.3 is 12.1 Å². The molecule has 1 amide bonds. The summed E-state index contributed by atoms with van der Waals surface area (Å²) in [5.74, 6) is -0.828. The molecule has 0 spiro atoms. The molecule has 3 rings (SSSR count). The van der Waals surface area contributed by atoms with Crippen molar-refractivity contribution >= 4 is 23.5 Å². The third-order valence-electron chi connectivity index (χ3n) is 5.65. The van der Waals surface area contributed by atoms with E-state index in [2.05, 4.69) is 9.64 Å². The van der Waals surface area contributed by atoms with E-state index >= 15 is 0 Å². The minimum absolute atomic E-state index is 0.142. The van der Waals surface area contributed by atoms with Gasteiger partial charge in [-0.2, -0.15) is 13.2 Å². The average molecular weight is 499 g/mol. The van der Waals surface area contributed by atoms with E-state index in [1.54, 1.807) is 17.0 Å². The lowest BCUT2D eigenvalue weighted by atomic mass is 10.1. The van der Waals surface area contributed by atoms with Gasteiger partial charge in [0.1, 0.15) is 6.42 Å². The maximum atomic E-state index is 12.8. The van der Waals surface area contributed by atoms with Crippen molar-refractivity contribution in [1.82, 2.24) is 9.80 Å². The van der Waals surface area contributed by atoms with E-state index in [4.69, 9.17) is 16.3 Å². The van der Waals surface area contributed by atoms with Gasteiger partial charge in [-0.3, -0.25) is 14.5 Å². The highest BCUT2D eigenvalue weighted by atomic mass is 35.5. The number of alkyl halides is 3. The first kappa shape index (κ1) is 26.0. The maximum Gasteiger partial charge on any atom is 0.416 e. The summed E-state index contributed by atoms with van der Waals surface area (Å²) in [5.41, 5.74) is 0.816. The van der Waals surface area contributed by atoms with Gasteiger partial charge < -0.3 is 14.4 Å². The lowest BCUT2D eigenvalue weighted by Gasteiger charge is -2.36. The first-order chi connectivity index (χ1) is 16.2. The number of methoxy groups -OCH3 is 1. The number of amides is 1. The Bertz CT molecular complexity index is 960. The number of rotatable bonds is 8. The summed E-state index contributed by atoms with van der Waals surface area (Å²) in [7, 11) is 1.25. The highest BCUT2D eigenvalue weighted by Gasteiger charge is 2.30. The summed E-state index contributed by atoms with van der Waals surface area (Å²) >= 11 is 6.01. The van der Waals surface area contributed by atoms with Crippen LogP contribution in [0.4, 0.5) is 13.2 Å². The van der Waals surface area contributed by atoms with E-state index in [-0.39, 0.29) is 25.0 Å². The van der Waals surface area contributed by atoms with Crippen LogP contribution in [0.25, 0.3) is 0 Å². The molecule has 1 heterocycles. The molecule has 0 bridgehead atoms. The number of esters is 1. The smallest absolute Gasteiger partial charge is 0.416 e. The standard InChI is InChI=1S/C24H26ClF3N2O4/c1-33-23(32)14-22(31)30-12-10-29(11-13-30)15-21(18-4-8-20(25)9-5-18)34-16-17-2-6-19(7-3-17)24(26,27)28/h2-9,21H,10-16H2,1H3. The second-order valence-electron chi connectivity index (χ2n) is 7.98. The first-order valence-corrected chi connectivity index (χ1v) is 11.1. The number of carbonyl (C=O) groups excluding carboxylic acids is 2. The van der Waals surface area contributed by atoms with E-state index < -0.39 is 17.7 Å². The van der Waals surface area contributed by atoms with E-state index in [1.165, 1.54) is 19.2 Å². The molecule has 0 aliphatic carbocycles. The van der Waals surface area contributed by atoms with Crippen LogP contribution in [-0.2, 0) is 31.8 Å². The van der Waals surface area contributed by atoms with E-state index in [0.717, 1.165) is 17.7 Å². The topological polar surface area (TPSA) is 59.1 Å². The molecule has 1 aliphatic rings. The number of halogens is 4. The Morgan fingerprint density at radius 2 is 1.62 bits per heavy atom. The molecule has 1 atom stereocenters. The molecule has 0 saturated carbocycles. The summed E-state index contributed by atoms with van der Waals surface area (Å²) in [6, 6.07) is 12.1. The molecule has 184 valence electrons. The van der Waals surface area contributed by atoms with E-state index in [0.29, 0.717) is 43.3 Å². The fraction of sp³-hybridized carbons (Fsp3) is 0.417. The molecule has 0 N–H and O–H groups in total. The molecule has 1 saturated heterocycles. The minimum Gasteiger partial charge on any atom is -0.469 e. The zero-order valence-electron chi connectivity index (χ0n) is 18.7. The summed E-state index contributed by atoms with van der Waals surface area (Å²) in [5, 5.41) is 0.586. The van der Waals surface area contributed by atoms with Gasteiger partial charge in [-0.15, -0.1) is 0 Å². The molecule has 10 heteroatoms. The minimum atomic E-state index is -4.38. The number of piperazine rings is 1. The summed E-state index contributed by atoms with van der Waals surface area (Å²) in [4.78, 5) is 27.3. The van der Waals surface area contributed by atoms with Crippen molar-refractivity contribution in [2.45, 2.75) is 25.3 Å². The molecule has 6 nitrogen and oxygen atoms in total. The summed E-state index contributed by atoms with van der Waals surface area (Å²) < 4.78 is 49.1. The van der Waals surface area contributed by atoms with Gasteiger partial charge in [0.15, 0.2) is 0 Å². The fourth-order valence-corrected chi connectivity index (χ4v) is 3.77. The summed E-state index contributed by atoms with van der Waals surface area (Å²) in [6.07, 6.45) is -5.01. The predicted molar refractivity (Wildman–Crippen MR) is 120 cm³/mol. The molecule has 0 aromatic heterocycles. The van der Waals surface area contributed by atoms with E-state index in [1.807, 2.05) is 12.1 Å². The third-order valence-corrected chi connectivity index (χ3v) is 5.90. The predicted octanol–water partition coefficient (Wildman–Crippen LogP) is 4.32. The number of benzene rings is 2. The quantitative estimate of drug-likeness (QED) is 0.401. The van der Waals surface area contributed by atoms with Crippen LogP contribution in [0, 0.1) is 0 Å². The molecule has 2 aromatic rings. The van der Waals surface area contributed by atoms with E-state index in [9.17, 15) is 22.8 Å². The molecular weight excluding hydrogens is 473 g/mol. The number of ether oxygens (including phenoxy) is 2. The lowest BCUT2D eigenvalue weighted by Crippen LogP contribution is -2.50. The van der Waals surface area contributed by atoms with Crippen LogP contribution in [0.5, 0.6) is 0 Å². The van der Waals surface area contributed by atoms with Crippen LogP contribution < -0.4 is 0 Å². The Kier molecular flexibility index (Phi) is 8.93. The largest absolute Gasteiger partial charge is 0.469 e. The monoisotopic (exact) mass is 498 g/mol. The van der Waals surface area contributed by atoms with Crippen LogP contribution in [-0.4, -0.2) is 61.5 Å². The van der Waals surface area contributed by atoms with Crippen LogP contribution in [0.2, 0.25) is 5.02 Å². The van der Waals surface area contributed by atoms with Crippen molar-refractivity contribution in [3.05, 3.63) is 70.2 Å². The molecule has 34 heavy (non-hydrogen) atoms. The number of hydrogen-bond donors (Lipinski definition) is 0. The van der Waals surface area contributed by atoms with Crippen LogP contribution in [0.3, 0.4) is 0 Å². The maximum absolute atomic E-state index is 12.8. The molecule has 0 radical (unpaired) electrons. The van der Waals surface area contributed by atoms with Crippen molar-refractivity contribution in [2.75, 3.05) is 39.8 Å². The second kappa shape index (κ2) is 11.7. The zero-order valence-corrected chi connectivity index (χ0v) is 19.4. The molecule has 2 aromatic carbocycles. The average Bonchev–Trinajstić information content (AvgIpc) is 2.82. The Balaban J connectivity index is 1.61. The summed E-state index contributed by atoms with van der Waals surface area (Å²) in [6.45, 7) is 2.82. The highest BCUT2D eigenvalue weighted by molar-refractivity contribution is 6.30. The Morgan fingerprint density at radius 3 is 2.18 bits per heavy atom. The van der Waals surface area contributed by atoms with Gasteiger partial charge in [-0.1, -0.05) is 35.9 Å². The normalized spacial score (nSPS) is 15.7. The van der Waals surface area contributed by atoms with Crippen LogP contribution in [0.1, 0.15) is 29.2 Å². The Hall–Kier alpha value is -2.62. The third kappa shape index (κ3) is 7.44. The fourth-order valence-electron chi connectivity index (χ4n) is 3.64. The van der Waals surface area contributed by atoms with Crippen molar-refractivity contribution in [2.24, 2.45) is 0 Å². The van der Waals surface area contributed by atoms with Gasteiger partial charge in [0.2, 0.25) is 5.91 Å². The van der Waals surface area contributed by atoms with Crippen molar-refractivity contribution in [1.29, 1.82) is 0 Å².